The normalized spacial score (nSPS) is 11.4. The van der Waals surface area contributed by atoms with Crippen LogP contribution < -0.4 is 14.8 Å². The number of likely N-dealkylation sites (N-methyl/N-ethyl adjacent to an activating group) is 1. The number of amides is 2. The number of hydrogen-bond acceptors (Lipinski definition) is 6. The number of hydrogen-bond donors (Lipinski definition) is 1. The fourth-order valence-corrected chi connectivity index (χ4v) is 3.12. The molecule has 2 amide bonds. The van der Waals surface area contributed by atoms with E-state index < -0.39 is 29.3 Å². The second kappa shape index (κ2) is 11.6. The first-order valence-corrected chi connectivity index (χ1v) is 10.1. The Hall–Kier alpha value is -3.69. The lowest BCUT2D eigenvalue weighted by Gasteiger charge is -2.30. The first-order chi connectivity index (χ1) is 15.3. The van der Waals surface area contributed by atoms with Gasteiger partial charge in [-0.2, -0.15) is 0 Å². The third kappa shape index (κ3) is 6.40. The second-order valence-corrected chi connectivity index (χ2v) is 6.85. The fourth-order valence-electron chi connectivity index (χ4n) is 3.12. The number of ether oxygens (including phenoxy) is 2. The number of nitrogens with one attached hydrogen (secondary N) is 1. The van der Waals surface area contributed by atoms with E-state index in [1.807, 2.05) is 0 Å². The van der Waals surface area contributed by atoms with Crippen molar-refractivity contribution >= 4 is 17.5 Å². The molecule has 10 heteroatoms. The van der Waals surface area contributed by atoms with Crippen LogP contribution in [-0.4, -0.2) is 47.9 Å². The average Bonchev–Trinajstić information content (AvgIpc) is 2.78. The van der Waals surface area contributed by atoms with E-state index >= 15 is 0 Å². The molecule has 0 aliphatic rings. The Morgan fingerprint density at radius 3 is 2.44 bits per heavy atom. The molecule has 0 unspecified atom stereocenters. The average molecular weight is 447 g/mol. The molecule has 0 aliphatic heterocycles. The van der Waals surface area contributed by atoms with Crippen LogP contribution in [0.15, 0.2) is 42.5 Å². The van der Waals surface area contributed by atoms with Gasteiger partial charge in [-0.25, -0.2) is 4.39 Å². The SMILES string of the molecule is CCNC(=O)[C@H](CC)N(Cc1ccc(F)cc1)C(=O)COc1ccc([N+](=O)[O-])c(OC)c1. The fraction of sp³-hybridized carbons (Fsp3) is 0.364. The minimum absolute atomic E-state index is 0.00289. The zero-order chi connectivity index (χ0) is 23.7. The molecule has 0 saturated heterocycles. The Morgan fingerprint density at radius 2 is 1.88 bits per heavy atom. The number of halogens is 1. The molecule has 0 radical (unpaired) electrons. The topological polar surface area (TPSA) is 111 Å². The summed E-state index contributed by atoms with van der Waals surface area (Å²) in [5.41, 5.74) is 0.422. The van der Waals surface area contributed by atoms with E-state index in [2.05, 4.69) is 5.32 Å². The lowest BCUT2D eigenvalue weighted by atomic mass is 10.1. The minimum Gasteiger partial charge on any atom is -0.490 e. The number of nitro groups is 1. The molecule has 172 valence electrons. The van der Waals surface area contributed by atoms with Crippen molar-refractivity contribution in [1.82, 2.24) is 10.2 Å². The zero-order valence-electron chi connectivity index (χ0n) is 18.2. The Balaban J connectivity index is 2.22. The van der Waals surface area contributed by atoms with Gasteiger partial charge in [0.2, 0.25) is 11.7 Å². The van der Waals surface area contributed by atoms with Crippen molar-refractivity contribution in [3.8, 4) is 11.5 Å². The largest absolute Gasteiger partial charge is 0.490 e. The van der Waals surface area contributed by atoms with Gasteiger partial charge in [0.25, 0.3) is 5.91 Å². The van der Waals surface area contributed by atoms with Gasteiger partial charge in [0.05, 0.1) is 12.0 Å². The first kappa shape index (κ1) is 24.6. The summed E-state index contributed by atoms with van der Waals surface area (Å²) < 4.78 is 23.8. The Bertz CT molecular complexity index is 951. The van der Waals surface area contributed by atoms with Crippen molar-refractivity contribution in [3.63, 3.8) is 0 Å². The molecule has 32 heavy (non-hydrogen) atoms. The monoisotopic (exact) mass is 447 g/mol. The summed E-state index contributed by atoms with van der Waals surface area (Å²) in [7, 11) is 1.29. The van der Waals surface area contributed by atoms with E-state index in [0.29, 0.717) is 18.5 Å². The molecule has 2 rings (SSSR count). The summed E-state index contributed by atoms with van der Waals surface area (Å²) in [6.45, 7) is 3.65. The van der Waals surface area contributed by atoms with Crippen LogP contribution in [0.2, 0.25) is 0 Å². The number of carbonyl (C=O) groups excluding carboxylic acids is 2. The molecular weight excluding hydrogens is 421 g/mol. The van der Waals surface area contributed by atoms with Crippen molar-refractivity contribution < 1.29 is 28.4 Å². The second-order valence-electron chi connectivity index (χ2n) is 6.85. The van der Waals surface area contributed by atoms with Crippen LogP contribution in [-0.2, 0) is 16.1 Å². The molecule has 0 spiro atoms. The highest BCUT2D eigenvalue weighted by molar-refractivity contribution is 5.88. The first-order valence-electron chi connectivity index (χ1n) is 10.1. The highest BCUT2D eigenvalue weighted by Crippen LogP contribution is 2.30. The standard InChI is InChI=1S/C22H26FN3O6/c1-4-18(22(28)24-5-2)25(13-15-6-8-16(23)9-7-15)21(27)14-32-17-10-11-19(26(29)30)20(12-17)31-3/h6-12,18H,4-5,13-14H2,1-3H3,(H,24,28)/t18-/m0/s1. The van der Waals surface area contributed by atoms with Crippen molar-refractivity contribution in [1.29, 1.82) is 0 Å². The predicted octanol–water partition coefficient (Wildman–Crippen LogP) is 3.06. The summed E-state index contributed by atoms with van der Waals surface area (Å²) in [6.07, 6.45) is 0.365. The van der Waals surface area contributed by atoms with Gasteiger partial charge in [0.1, 0.15) is 17.6 Å². The van der Waals surface area contributed by atoms with E-state index in [4.69, 9.17) is 9.47 Å². The molecule has 9 nitrogen and oxygen atoms in total. The molecule has 2 aromatic rings. The van der Waals surface area contributed by atoms with E-state index in [9.17, 15) is 24.1 Å². The van der Waals surface area contributed by atoms with Gasteiger partial charge >= 0.3 is 5.69 Å². The lowest BCUT2D eigenvalue weighted by molar-refractivity contribution is -0.385. The number of methoxy groups -OCH3 is 1. The van der Waals surface area contributed by atoms with Gasteiger partial charge in [-0.3, -0.25) is 19.7 Å². The number of rotatable bonds is 11. The van der Waals surface area contributed by atoms with E-state index in [0.717, 1.165) is 0 Å². The van der Waals surface area contributed by atoms with Crippen LogP contribution >= 0.6 is 0 Å². The van der Waals surface area contributed by atoms with E-state index in [-0.39, 0.29) is 29.6 Å². The molecule has 0 saturated carbocycles. The highest BCUT2D eigenvalue weighted by Gasteiger charge is 2.28. The lowest BCUT2D eigenvalue weighted by Crippen LogP contribution is -2.50. The smallest absolute Gasteiger partial charge is 0.311 e. The molecule has 1 N–H and O–H groups in total. The van der Waals surface area contributed by atoms with Crippen LogP contribution in [0, 0.1) is 15.9 Å². The van der Waals surface area contributed by atoms with Gasteiger partial charge in [0.15, 0.2) is 6.61 Å². The van der Waals surface area contributed by atoms with E-state index in [1.54, 1.807) is 26.0 Å². The third-order valence-corrected chi connectivity index (χ3v) is 4.71. The number of nitrogens with zero attached hydrogens (tertiary/aromatic N) is 2. The number of nitro benzene ring substituents is 1. The molecule has 0 fully saturated rings. The van der Waals surface area contributed by atoms with Crippen LogP contribution in [0.3, 0.4) is 0 Å². The van der Waals surface area contributed by atoms with Gasteiger partial charge in [-0.05, 0) is 37.1 Å². The van der Waals surface area contributed by atoms with Gasteiger partial charge in [-0.1, -0.05) is 19.1 Å². The third-order valence-electron chi connectivity index (χ3n) is 4.71. The van der Waals surface area contributed by atoms with E-state index in [1.165, 1.54) is 42.3 Å². The van der Waals surface area contributed by atoms with Gasteiger partial charge < -0.3 is 19.7 Å². The quantitative estimate of drug-likeness (QED) is 0.419. The summed E-state index contributed by atoms with van der Waals surface area (Å²) >= 11 is 0. The zero-order valence-corrected chi connectivity index (χ0v) is 18.2. The summed E-state index contributed by atoms with van der Waals surface area (Å²) in [5, 5.41) is 13.7. The number of carbonyl (C=O) groups is 2. The maximum atomic E-state index is 13.3. The van der Waals surface area contributed by atoms with Crippen LogP contribution in [0.5, 0.6) is 11.5 Å². The van der Waals surface area contributed by atoms with Crippen molar-refractivity contribution in [2.24, 2.45) is 0 Å². The van der Waals surface area contributed by atoms with Gasteiger partial charge in [0, 0.05) is 25.2 Å². The van der Waals surface area contributed by atoms with Crippen molar-refractivity contribution in [3.05, 3.63) is 64.0 Å². The Morgan fingerprint density at radius 1 is 1.19 bits per heavy atom. The molecule has 0 aromatic heterocycles. The summed E-state index contributed by atoms with van der Waals surface area (Å²) in [6, 6.07) is 8.80. The molecule has 0 bridgehead atoms. The van der Waals surface area contributed by atoms with Crippen LogP contribution in [0.25, 0.3) is 0 Å². The van der Waals surface area contributed by atoms with Crippen molar-refractivity contribution in [2.75, 3.05) is 20.3 Å². The molecular formula is C22H26FN3O6. The molecule has 0 heterocycles. The highest BCUT2D eigenvalue weighted by atomic mass is 19.1. The maximum absolute atomic E-state index is 13.3. The van der Waals surface area contributed by atoms with Crippen LogP contribution in [0.4, 0.5) is 10.1 Å². The maximum Gasteiger partial charge on any atom is 0.311 e. The summed E-state index contributed by atoms with van der Waals surface area (Å²) in [5.74, 6) is -0.976. The number of benzene rings is 2. The Kier molecular flexibility index (Phi) is 8.94. The van der Waals surface area contributed by atoms with Gasteiger partial charge in [-0.15, -0.1) is 0 Å². The molecule has 0 aliphatic carbocycles. The van der Waals surface area contributed by atoms with Crippen molar-refractivity contribution in [2.45, 2.75) is 32.9 Å². The molecule has 1 atom stereocenters. The predicted molar refractivity (Wildman–Crippen MR) is 115 cm³/mol. The van der Waals surface area contributed by atoms with Crippen LogP contribution in [0.1, 0.15) is 25.8 Å². The summed E-state index contributed by atoms with van der Waals surface area (Å²) in [4.78, 5) is 37.4. The Labute approximate surface area is 185 Å². The minimum atomic E-state index is -0.748. The molecule has 2 aromatic carbocycles.